The highest BCUT2D eigenvalue weighted by Crippen LogP contribution is 2.71. The van der Waals surface area contributed by atoms with Gasteiger partial charge in [0.2, 0.25) is 5.78 Å². The van der Waals surface area contributed by atoms with Crippen molar-refractivity contribution in [3.05, 3.63) is 77.9 Å². The summed E-state index contributed by atoms with van der Waals surface area (Å²) >= 11 is 0. The number of unbranched alkanes of at least 4 members (excludes halogenated alkanes) is 1. The van der Waals surface area contributed by atoms with Gasteiger partial charge in [-0.25, -0.2) is 14.0 Å². The molecule has 1 N–H and O–H groups in total. The lowest BCUT2D eigenvalue weighted by molar-refractivity contribution is -0.790. The molecule has 0 amide bonds. The molecule has 3 unspecified atom stereocenters. The van der Waals surface area contributed by atoms with E-state index in [1.54, 1.807) is 20.8 Å². The third kappa shape index (κ3) is 10.1. The summed E-state index contributed by atoms with van der Waals surface area (Å²) in [5.74, 6) is -5.73. The van der Waals surface area contributed by atoms with Crippen molar-refractivity contribution >= 4 is 29.7 Å². The van der Waals surface area contributed by atoms with E-state index in [4.69, 9.17) is 23.7 Å². The zero-order valence-corrected chi connectivity index (χ0v) is 36.0. The van der Waals surface area contributed by atoms with Crippen molar-refractivity contribution in [2.75, 3.05) is 33.5 Å². The van der Waals surface area contributed by atoms with Crippen molar-refractivity contribution in [1.82, 2.24) is 0 Å². The molecule has 3 saturated carbocycles. The van der Waals surface area contributed by atoms with E-state index >= 15 is 4.39 Å². The Kier molecular flexibility index (Phi) is 15.4. The Morgan fingerprint density at radius 2 is 1.68 bits per heavy atom. The van der Waals surface area contributed by atoms with E-state index in [9.17, 15) is 59.4 Å². The molecule has 5 rings (SSSR count). The molecule has 3 fully saturated rings. The minimum Gasteiger partial charge on any atom is -0.493 e. The summed E-state index contributed by atoms with van der Waals surface area (Å²) in [6, 6.07) is 3.59. The molecule has 9 atom stereocenters. The summed E-state index contributed by atoms with van der Waals surface area (Å²) in [5, 5.41) is 40.4. The quantitative estimate of drug-likeness (QED) is 0.0408. The van der Waals surface area contributed by atoms with Crippen LogP contribution in [0.5, 0.6) is 11.5 Å². The summed E-state index contributed by atoms with van der Waals surface area (Å²) in [6.07, 6.45) is -0.116. The maximum absolute atomic E-state index is 17.9. The number of benzene rings is 1. The Balaban J connectivity index is 1.28. The fourth-order valence-electron chi connectivity index (χ4n) is 10.4. The average molecular weight is 924 g/mol. The second kappa shape index (κ2) is 20.2. The first-order valence-electron chi connectivity index (χ1n) is 20.7. The number of methoxy groups -OCH3 is 1. The van der Waals surface area contributed by atoms with Gasteiger partial charge in [-0.1, -0.05) is 25.5 Å². The van der Waals surface area contributed by atoms with Gasteiger partial charge in [0.15, 0.2) is 35.2 Å². The summed E-state index contributed by atoms with van der Waals surface area (Å²) in [4.78, 5) is 111. The number of carbonyl (C=O) groups excluding carboxylic acids is 5. The highest BCUT2D eigenvalue weighted by molar-refractivity contribution is 6.01. The standard InChI is InChI=1S/C41H50FN3O20/c1-24-18-30-29-12-11-26-20-27(46)14-15-38(26,2)40(29,42)33(47)21-39(30,3)41(24,64-35(49)9-7-17-61-43(52)53)34(48)23-60-37(51)63-31-13-10-25(19-32(31)58-4)36(50)59-16-6-5-8-28(65-45(56)57)22-62-44(54)55/h10,13-15,19-20,24,28-30,33,47H,5-9,11-12,16-18,21-23H2,1-4H3/t24-,28?,29?,30?,33+,38+,39+,40+,41+/m1/s1. The van der Waals surface area contributed by atoms with Gasteiger partial charge in [0.1, 0.15) is 12.7 Å². The molecule has 23 nitrogen and oxygen atoms in total. The predicted molar refractivity (Wildman–Crippen MR) is 213 cm³/mol. The Labute approximate surface area is 369 Å². The van der Waals surface area contributed by atoms with Crippen molar-refractivity contribution in [2.24, 2.45) is 28.6 Å². The number of carbonyl (C=O) groups is 5. The minimum absolute atomic E-state index is 0.0208. The molecule has 4 aliphatic rings. The van der Waals surface area contributed by atoms with Gasteiger partial charge >= 0.3 is 18.1 Å². The van der Waals surface area contributed by atoms with Crippen LogP contribution in [-0.4, -0.2) is 107 Å². The van der Waals surface area contributed by atoms with Gasteiger partial charge < -0.3 is 43.3 Å². The first kappa shape index (κ1) is 49.6. The topological polar surface area (TPSA) is 309 Å². The average Bonchev–Trinajstić information content (AvgIpc) is 3.45. The van der Waals surface area contributed by atoms with Crippen LogP contribution in [0.4, 0.5) is 9.18 Å². The first-order valence-corrected chi connectivity index (χ1v) is 20.7. The van der Waals surface area contributed by atoms with Gasteiger partial charge in [0.25, 0.3) is 15.3 Å². The molecular formula is C41H50FN3O20. The smallest absolute Gasteiger partial charge is 0.493 e. The lowest BCUT2D eigenvalue weighted by Gasteiger charge is -2.62. The van der Waals surface area contributed by atoms with E-state index in [1.807, 2.05) is 0 Å². The molecule has 0 heterocycles. The molecule has 0 aliphatic heterocycles. The van der Waals surface area contributed by atoms with Crippen LogP contribution in [0.25, 0.3) is 0 Å². The SMILES string of the molecule is COc1cc(C(=O)OCCCCC(CO[N+](=O)[O-])O[N+](=O)[O-])ccc1OC(=O)OCC(=O)[C@@]1(OC(=O)CCCO[N+](=O)[O-])[C@H](C)CC2C3CCC4=CC(=O)C=C[C@]4(C)[C@@]3(F)[C@@H](O)C[C@@]21C. The number of hydrogen-bond acceptors (Lipinski definition) is 20. The number of nitrogens with zero attached hydrogens (tertiary/aromatic N) is 3. The number of fused-ring (bicyclic) bond motifs is 5. The van der Waals surface area contributed by atoms with E-state index in [0.29, 0.717) is 12.0 Å². The number of ketones is 2. The van der Waals surface area contributed by atoms with E-state index in [1.165, 1.54) is 43.5 Å². The number of aliphatic hydroxyl groups excluding tert-OH is 1. The van der Waals surface area contributed by atoms with Crippen molar-refractivity contribution in [2.45, 2.75) is 102 Å². The molecule has 356 valence electrons. The predicted octanol–water partition coefficient (Wildman–Crippen LogP) is 4.78. The summed E-state index contributed by atoms with van der Waals surface area (Å²) in [5.41, 5.74) is -6.69. The Bertz CT molecular complexity index is 2120. The molecule has 0 bridgehead atoms. The van der Waals surface area contributed by atoms with Crippen LogP contribution in [-0.2, 0) is 43.1 Å². The third-order valence-electron chi connectivity index (χ3n) is 13.3. The van der Waals surface area contributed by atoms with Crippen molar-refractivity contribution in [3.8, 4) is 11.5 Å². The number of ether oxygens (including phenoxy) is 5. The zero-order valence-electron chi connectivity index (χ0n) is 36.0. The van der Waals surface area contributed by atoms with Crippen LogP contribution in [0.3, 0.4) is 0 Å². The number of alkyl halides is 1. The number of rotatable bonds is 22. The van der Waals surface area contributed by atoms with Crippen LogP contribution in [0.2, 0.25) is 0 Å². The molecular weight excluding hydrogens is 873 g/mol. The molecule has 0 aromatic heterocycles. The van der Waals surface area contributed by atoms with E-state index in [-0.39, 0.29) is 74.4 Å². The van der Waals surface area contributed by atoms with Crippen molar-refractivity contribution in [3.63, 3.8) is 0 Å². The summed E-state index contributed by atoms with van der Waals surface area (Å²) in [7, 11) is 1.21. The Hall–Kier alpha value is -6.46. The number of aliphatic hydroxyl groups is 1. The van der Waals surface area contributed by atoms with Gasteiger partial charge in [0, 0.05) is 29.1 Å². The number of esters is 2. The van der Waals surface area contributed by atoms with Crippen LogP contribution in [0, 0.1) is 58.9 Å². The van der Waals surface area contributed by atoms with Gasteiger partial charge in [-0.2, -0.15) is 0 Å². The Morgan fingerprint density at radius 3 is 2.35 bits per heavy atom. The summed E-state index contributed by atoms with van der Waals surface area (Å²) < 4.78 is 45.0. The third-order valence-corrected chi connectivity index (χ3v) is 13.3. The van der Waals surface area contributed by atoms with E-state index in [2.05, 4.69) is 14.5 Å². The van der Waals surface area contributed by atoms with Gasteiger partial charge in [-0.3, -0.25) is 14.4 Å². The zero-order chi connectivity index (χ0) is 47.9. The lowest BCUT2D eigenvalue weighted by atomic mass is 9.44. The van der Waals surface area contributed by atoms with Gasteiger partial charge in [-0.15, -0.1) is 30.3 Å². The van der Waals surface area contributed by atoms with Gasteiger partial charge in [0.05, 0.1) is 32.0 Å². The second-order valence-corrected chi connectivity index (χ2v) is 16.8. The molecule has 24 heteroatoms. The molecule has 1 aromatic rings. The lowest BCUT2D eigenvalue weighted by Crippen LogP contribution is -2.70. The molecule has 1 aromatic carbocycles. The molecule has 65 heavy (non-hydrogen) atoms. The number of Topliss-reactive ketones (excluding diaryl/α,β-unsaturated/α-hetero) is 1. The van der Waals surface area contributed by atoms with Crippen molar-refractivity contribution in [1.29, 1.82) is 0 Å². The van der Waals surface area contributed by atoms with E-state index < -0.39 is 117 Å². The number of halogens is 1. The monoisotopic (exact) mass is 923 g/mol. The van der Waals surface area contributed by atoms with Gasteiger partial charge in [-0.05, 0) is 94.6 Å². The highest BCUT2D eigenvalue weighted by Gasteiger charge is 2.77. The minimum atomic E-state index is -2.28. The number of allylic oxidation sites excluding steroid dienone is 4. The first-order chi connectivity index (χ1) is 30.6. The van der Waals surface area contributed by atoms with Crippen LogP contribution in [0.1, 0.15) is 88.9 Å². The highest BCUT2D eigenvalue weighted by atomic mass is 19.1. The summed E-state index contributed by atoms with van der Waals surface area (Å²) in [6.45, 7) is 2.58. The second-order valence-electron chi connectivity index (χ2n) is 16.8. The van der Waals surface area contributed by atoms with Crippen LogP contribution < -0.4 is 9.47 Å². The molecule has 0 spiro atoms. The Morgan fingerprint density at radius 1 is 0.954 bits per heavy atom. The maximum atomic E-state index is 17.9. The maximum Gasteiger partial charge on any atom is 0.514 e. The fourth-order valence-corrected chi connectivity index (χ4v) is 10.4. The van der Waals surface area contributed by atoms with Crippen molar-refractivity contribution < 1.29 is 86.9 Å². The van der Waals surface area contributed by atoms with E-state index in [0.717, 1.165) is 0 Å². The largest absolute Gasteiger partial charge is 0.514 e. The van der Waals surface area contributed by atoms with Crippen LogP contribution >= 0.6 is 0 Å². The molecule has 4 aliphatic carbocycles. The van der Waals surface area contributed by atoms with Crippen LogP contribution in [0.15, 0.2) is 42.0 Å². The molecule has 0 saturated heterocycles. The molecule has 0 radical (unpaired) electrons. The fraction of sp³-hybridized carbons (Fsp3) is 0.634. The normalized spacial score (nSPS) is 29.0. The number of hydrogen-bond donors (Lipinski definition) is 1.